The van der Waals surface area contributed by atoms with E-state index in [1.807, 2.05) is 6.92 Å². The first-order valence-corrected chi connectivity index (χ1v) is 9.55. The number of likely N-dealkylation sites (tertiary alicyclic amines) is 1. The lowest BCUT2D eigenvalue weighted by atomic mass is 10.1. The summed E-state index contributed by atoms with van der Waals surface area (Å²) in [6.07, 6.45) is 1.82. The number of aromatic amines is 1. The van der Waals surface area contributed by atoms with E-state index in [1.54, 1.807) is 38.2 Å². The predicted molar refractivity (Wildman–Crippen MR) is 108 cm³/mol. The molecular weight excluding hydrogens is 374 g/mol. The van der Waals surface area contributed by atoms with Crippen molar-refractivity contribution in [2.24, 2.45) is 0 Å². The van der Waals surface area contributed by atoms with Crippen molar-refractivity contribution in [1.29, 1.82) is 0 Å². The molecule has 1 aromatic heterocycles. The Bertz CT molecular complexity index is 944. The number of rotatable bonds is 6. The predicted octanol–water partition coefficient (Wildman–Crippen LogP) is 2.32. The number of nitrogens with one attached hydrogen (secondary N) is 1. The number of nitrogens with zero attached hydrogens (tertiary/aromatic N) is 2. The van der Waals surface area contributed by atoms with E-state index in [0.717, 1.165) is 18.4 Å². The molecule has 2 aromatic rings. The van der Waals surface area contributed by atoms with Crippen molar-refractivity contribution < 1.29 is 19.0 Å². The highest BCUT2D eigenvalue weighted by Gasteiger charge is 2.32. The number of carbonyl (C=O) groups is 1. The molecule has 156 valence electrons. The van der Waals surface area contributed by atoms with Crippen LogP contribution in [0.3, 0.4) is 0 Å². The number of hydrogen-bond donors (Lipinski definition) is 1. The van der Waals surface area contributed by atoms with E-state index < -0.39 is 0 Å². The maximum atomic E-state index is 13.1. The summed E-state index contributed by atoms with van der Waals surface area (Å²) < 4.78 is 16.1. The third-order valence-corrected chi connectivity index (χ3v) is 5.38. The van der Waals surface area contributed by atoms with Crippen LogP contribution in [0.2, 0.25) is 0 Å². The minimum Gasteiger partial charge on any atom is -0.493 e. The maximum absolute atomic E-state index is 13.1. The van der Waals surface area contributed by atoms with Crippen LogP contribution in [0.1, 0.15) is 41.5 Å². The zero-order valence-electron chi connectivity index (χ0n) is 17.5. The van der Waals surface area contributed by atoms with Crippen LogP contribution in [0.25, 0.3) is 0 Å². The first-order chi connectivity index (χ1) is 13.9. The fraction of sp³-hybridized carbons (Fsp3) is 0.476. The molecule has 1 aliphatic rings. The van der Waals surface area contributed by atoms with Crippen LogP contribution in [0.4, 0.5) is 0 Å². The molecule has 1 unspecified atom stereocenters. The van der Waals surface area contributed by atoms with Gasteiger partial charge in [-0.3, -0.25) is 9.59 Å². The number of aromatic nitrogens is 2. The molecule has 0 aliphatic carbocycles. The van der Waals surface area contributed by atoms with Crippen molar-refractivity contribution in [3.63, 3.8) is 0 Å². The zero-order valence-corrected chi connectivity index (χ0v) is 17.5. The Kier molecular flexibility index (Phi) is 6.10. The number of methoxy groups -OCH3 is 3. The molecule has 2 heterocycles. The van der Waals surface area contributed by atoms with Gasteiger partial charge >= 0.3 is 0 Å². The Morgan fingerprint density at radius 3 is 2.38 bits per heavy atom. The normalized spacial score (nSPS) is 16.0. The lowest BCUT2D eigenvalue weighted by Gasteiger charge is -2.24. The molecule has 1 saturated heterocycles. The Morgan fingerprint density at radius 2 is 1.83 bits per heavy atom. The first kappa shape index (κ1) is 20.7. The Hall–Kier alpha value is -3.03. The van der Waals surface area contributed by atoms with E-state index in [0.29, 0.717) is 40.9 Å². The Morgan fingerprint density at radius 1 is 1.17 bits per heavy atom. The van der Waals surface area contributed by atoms with Gasteiger partial charge in [0.1, 0.15) is 5.82 Å². The topological polar surface area (TPSA) is 93.8 Å². The summed E-state index contributed by atoms with van der Waals surface area (Å²) in [4.78, 5) is 34.4. The molecule has 0 spiro atoms. The second-order valence-corrected chi connectivity index (χ2v) is 7.12. The quantitative estimate of drug-likeness (QED) is 0.798. The number of amides is 1. The van der Waals surface area contributed by atoms with Crippen LogP contribution >= 0.6 is 0 Å². The van der Waals surface area contributed by atoms with Crippen LogP contribution < -0.4 is 19.8 Å². The summed E-state index contributed by atoms with van der Waals surface area (Å²) in [5.41, 5.74) is 1.89. The standard InChI is InChI=1S/C21H27N3O5/c1-12-13(2)22-20(23-21(12)26)15-7-6-8-24(15)18(25)11-14-9-16(27-3)19(29-5)17(10-14)28-4/h9-10,15H,6-8,11H2,1-5H3,(H,22,23,26). The van der Waals surface area contributed by atoms with Crippen molar-refractivity contribution in [3.8, 4) is 17.2 Å². The average molecular weight is 401 g/mol. The lowest BCUT2D eigenvalue weighted by Crippen LogP contribution is -2.34. The van der Waals surface area contributed by atoms with Gasteiger partial charge in [-0.05, 0) is 44.4 Å². The third kappa shape index (κ3) is 4.06. The Balaban J connectivity index is 1.86. The van der Waals surface area contributed by atoms with Gasteiger partial charge in [0.05, 0.1) is 33.8 Å². The fourth-order valence-corrected chi connectivity index (χ4v) is 3.69. The second kappa shape index (κ2) is 8.55. The number of ether oxygens (including phenoxy) is 3. The molecule has 1 fully saturated rings. The zero-order chi connectivity index (χ0) is 21.1. The SMILES string of the molecule is COc1cc(CC(=O)N2CCCC2c2nc(C)c(C)c(=O)[nH]2)cc(OC)c1OC. The Labute approximate surface area is 169 Å². The van der Waals surface area contributed by atoms with Gasteiger partial charge in [0.2, 0.25) is 11.7 Å². The minimum atomic E-state index is -0.225. The van der Waals surface area contributed by atoms with Gasteiger partial charge in [0.15, 0.2) is 11.5 Å². The van der Waals surface area contributed by atoms with E-state index in [1.165, 1.54) is 7.11 Å². The third-order valence-electron chi connectivity index (χ3n) is 5.38. The lowest BCUT2D eigenvalue weighted by molar-refractivity contribution is -0.131. The molecular formula is C21H27N3O5. The second-order valence-electron chi connectivity index (χ2n) is 7.12. The number of aryl methyl sites for hydroxylation is 1. The molecule has 1 aromatic carbocycles. The molecule has 8 heteroatoms. The van der Waals surface area contributed by atoms with Crippen molar-refractivity contribution in [1.82, 2.24) is 14.9 Å². The van der Waals surface area contributed by atoms with Gasteiger partial charge in [-0.25, -0.2) is 4.98 Å². The molecule has 8 nitrogen and oxygen atoms in total. The largest absolute Gasteiger partial charge is 0.493 e. The van der Waals surface area contributed by atoms with E-state index in [4.69, 9.17) is 14.2 Å². The summed E-state index contributed by atoms with van der Waals surface area (Å²) >= 11 is 0. The van der Waals surface area contributed by atoms with E-state index >= 15 is 0 Å². The van der Waals surface area contributed by atoms with E-state index in [9.17, 15) is 9.59 Å². The maximum Gasteiger partial charge on any atom is 0.254 e. The van der Waals surface area contributed by atoms with Crippen LogP contribution in [-0.4, -0.2) is 48.6 Å². The van der Waals surface area contributed by atoms with E-state index in [-0.39, 0.29) is 23.9 Å². The highest BCUT2D eigenvalue weighted by Crippen LogP contribution is 2.39. The monoisotopic (exact) mass is 401 g/mol. The minimum absolute atomic E-state index is 0.0392. The van der Waals surface area contributed by atoms with Gasteiger partial charge in [-0.1, -0.05) is 0 Å². The van der Waals surface area contributed by atoms with Gasteiger partial charge in [-0.15, -0.1) is 0 Å². The average Bonchev–Trinajstić information content (AvgIpc) is 3.20. The van der Waals surface area contributed by atoms with Gasteiger partial charge in [-0.2, -0.15) is 0 Å². The molecule has 1 atom stereocenters. The molecule has 29 heavy (non-hydrogen) atoms. The van der Waals surface area contributed by atoms with Crippen molar-refractivity contribution >= 4 is 5.91 Å². The number of carbonyl (C=O) groups excluding carboxylic acids is 1. The molecule has 0 bridgehead atoms. The highest BCUT2D eigenvalue weighted by molar-refractivity contribution is 5.80. The van der Waals surface area contributed by atoms with Crippen LogP contribution in [0.15, 0.2) is 16.9 Å². The molecule has 0 saturated carbocycles. The molecule has 1 amide bonds. The number of H-pyrrole nitrogens is 1. The molecule has 3 rings (SSSR count). The first-order valence-electron chi connectivity index (χ1n) is 9.55. The van der Waals surface area contributed by atoms with Crippen LogP contribution in [-0.2, 0) is 11.2 Å². The van der Waals surface area contributed by atoms with Gasteiger partial charge < -0.3 is 24.1 Å². The fourth-order valence-electron chi connectivity index (χ4n) is 3.69. The van der Waals surface area contributed by atoms with Gasteiger partial charge in [0, 0.05) is 17.8 Å². The summed E-state index contributed by atoms with van der Waals surface area (Å²) in [7, 11) is 4.62. The smallest absolute Gasteiger partial charge is 0.254 e. The van der Waals surface area contributed by atoms with E-state index in [2.05, 4.69) is 9.97 Å². The highest BCUT2D eigenvalue weighted by atomic mass is 16.5. The number of hydrogen-bond acceptors (Lipinski definition) is 6. The summed E-state index contributed by atoms with van der Waals surface area (Å²) in [5.74, 6) is 2.01. The molecule has 1 aliphatic heterocycles. The van der Waals surface area contributed by atoms with Crippen molar-refractivity contribution in [2.75, 3.05) is 27.9 Å². The summed E-state index contributed by atoms with van der Waals surface area (Å²) in [5, 5.41) is 0. The molecule has 0 radical (unpaired) electrons. The number of benzene rings is 1. The van der Waals surface area contributed by atoms with Crippen LogP contribution in [0, 0.1) is 13.8 Å². The van der Waals surface area contributed by atoms with Crippen molar-refractivity contribution in [2.45, 2.75) is 39.2 Å². The van der Waals surface area contributed by atoms with Gasteiger partial charge in [0.25, 0.3) is 5.56 Å². The van der Waals surface area contributed by atoms with Crippen LogP contribution in [0.5, 0.6) is 17.2 Å². The molecule has 1 N–H and O–H groups in total. The summed E-state index contributed by atoms with van der Waals surface area (Å²) in [6.45, 7) is 4.18. The summed E-state index contributed by atoms with van der Waals surface area (Å²) in [6, 6.07) is 3.33. The van der Waals surface area contributed by atoms with Crippen molar-refractivity contribution in [3.05, 3.63) is 45.1 Å².